The lowest BCUT2D eigenvalue weighted by atomic mass is 10.1. The summed E-state index contributed by atoms with van der Waals surface area (Å²) in [5, 5.41) is 5.38. The zero-order valence-corrected chi connectivity index (χ0v) is 16.2. The normalized spacial score (nSPS) is 10.4. The van der Waals surface area contributed by atoms with E-state index in [0.29, 0.717) is 34.9 Å². The molecule has 6 heteroatoms. The van der Waals surface area contributed by atoms with Crippen molar-refractivity contribution < 1.29 is 19.1 Å². The maximum atomic E-state index is 12.3. The van der Waals surface area contributed by atoms with Gasteiger partial charge in [0.15, 0.2) is 11.5 Å². The van der Waals surface area contributed by atoms with Crippen molar-refractivity contribution in [2.75, 3.05) is 26.1 Å². The number of hydrogen-bond donors (Lipinski definition) is 2. The van der Waals surface area contributed by atoms with Crippen LogP contribution in [0.1, 0.15) is 21.5 Å². The standard InChI is InChI=1S/C22H24N2O4/c1-5-13-28-19-11-9-16(14-20(19)27-4)10-12-21(25)24-18-8-6-7-17(15(18)2)22(26)23-3/h5-12,14H,1,13H2,2-4H3,(H,23,26)(H,24,25)/b12-10+. The van der Waals surface area contributed by atoms with Gasteiger partial charge in [-0.25, -0.2) is 0 Å². The van der Waals surface area contributed by atoms with Crippen molar-refractivity contribution in [3.05, 3.63) is 71.8 Å². The lowest BCUT2D eigenvalue weighted by Gasteiger charge is -2.11. The Morgan fingerprint density at radius 2 is 1.96 bits per heavy atom. The van der Waals surface area contributed by atoms with Crippen LogP contribution in [0.3, 0.4) is 0 Å². The molecule has 6 nitrogen and oxygen atoms in total. The van der Waals surface area contributed by atoms with Crippen molar-refractivity contribution in [1.29, 1.82) is 0 Å². The van der Waals surface area contributed by atoms with E-state index < -0.39 is 0 Å². The van der Waals surface area contributed by atoms with Gasteiger partial charge < -0.3 is 20.1 Å². The molecule has 0 spiro atoms. The average Bonchev–Trinajstić information content (AvgIpc) is 2.71. The van der Waals surface area contributed by atoms with Crippen LogP contribution in [0.4, 0.5) is 5.69 Å². The van der Waals surface area contributed by atoms with E-state index in [1.807, 2.05) is 6.07 Å². The number of carbonyl (C=O) groups excluding carboxylic acids is 2. The third kappa shape index (κ3) is 5.23. The van der Waals surface area contributed by atoms with Crippen LogP contribution in [0.5, 0.6) is 11.5 Å². The number of methoxy groups -OCH3 is 1. The summed E-state index contributed by atoms with van der Waals surface area (Å²) in [7, 11) is 3.12. The molecule has 2 amide bonds. The molecule has 0 atom stereocenters. The van der Waals surface area contributed by atoms with Gasteiger partial charge in [-0.3, -0.25) is 9.59 Å². The van der Waals surface area contributed by atoms with E-state index in [0.717, 1.165) is 5.56 Å². The molecule has 0 aromatic heterocycles. The molecule has 28 heavy (non-hydrogen) atoms. The molecule has 0 saturated carbocycles. The molecule has 2 rings (SSSR count). The zero-order valence-electron chi connectivity index (χ0n) is 16.2. The number of nitrogens with one attached hydrogen (secondary N) is 2. The highest BCUT2D eigenvalue weighted by atomic mass is 16.5. The maximum absolute atomic E-state index is 12.3. The van der Waals surface area contributed by atoms with E-state index in [1.54, 1.807) is 63.6 Å². The molecule has 0 fully saturated rings. The predicted molar refractivity (Wildman–Crippen MR) is 111 cm³/mol. The summed E-state index contributed by atoms with van der Waals surface area (Å²) in [6.07, 6.45) is 4.75. The summed E-state index contributed by atoms with van der Waals surface area (Å²) in [6, 6.07) is 10.6. The predicted octanol–water partition coefficient (Wildman–Crippen LogP) is 3.58. The van der Waals surface area contributed by atoms with E-state index in [-0.39, 0.29) is 11.8 Å². The highest BCUT2D eigenvalue weighted by Crippen LogP contribution is 2.28. The van der Waals surface area contributed by atoms with Crippen LogP contribution in [-0.2, 0) is 4.79 Å². The third-order valence-corrected chi connectivity index (χ3v) is 4.03. The Balaban J connectivity index is 2.12. The Labute approximate surface area is 164 Å². The highest BCUT2D eigenvalue weighted by molar-refractivity contribution is 6.04. The average molecular weight is 380 g/mol. The molecule has 0 aliphatic rings. The first-order chi connectivity index (χ1) is 13.5. The summed E-state index contributed by atoms with van der Waals surface area (Å²) < 4.78 is 10.8. The summed E-state index contributed by atoms with van der Waals surface area (Å²) in [6.45, 7) is 5.78. The van der Waals surface area contributed by atoms with Gasteiger partial charge in [-0.05, 0) is 48.4 Å². The van der Waals surface area contributed by atoms with Crippen LogP contribution in [0, 0.1) is 6.92 Å². The van der Waals surface area contributed by atoms with Crippen LogP contribution < -0.4 is 20.1 Å². The van der Waals surface area contributed by atoms with Gasteiger partial charge in [0.05, 0.1) is 7.11 Å². The van der Waals surface area contributed by atoms with Gasteiger partial charge in [-0.2, -0.15) is 0 Å². The first-order valence-electron chi connectivity index (χ1n) is 8.72. The number of rotatable bonds is 8. The minimum Gasteiger partial charge on any atom is -0.493 e. The van der Waals surface area contributed by atoms with Gasteiger partial charge in [-0.15, -0.1) is 0 Å². The van der Waals surface area contributed by atoms with Crippen LogP contribution in [-0.4, -0.2) is 32.6 Å². The maximum Gasteiger partial charge on any atom is 0.251 e. The molecule has 146 valence electrons. The Bertz CT molecular complexity index is 903. The van der Waals surface area contributed by atoms with Crippen LogP contribution >= 0.6 is 0 Å². The number of carbonyl (C=O) groups is 2. The first kappa shape index (κ1) is 20.8. The smallest absolute Gasteiger partial charge is 0.251 e. The first-order valence-corrected chi connectivity index (χ1v) is 8.72. The quantitative estimate of drug-likeness (QED) is 0.542. The number of ether oxygens (including phenoxy) is 2. The lowest BCUT2D eigenvalue weighted by Crippen LogP contribution is -2.20. The molecule has 0 heterocycles. The fourth-order valence-corrected chi connectivity index (χ4v) is 2.55. The number of benzene rings is 2. The monoisotopic (exact) mass is 380 g/mol. The molecule has 0 saturated heterocycles. The largest absolute Gasteiger partial charge is 0.493 e. The minimum atomic E-state index is -0.303. The molecule has 0 unspecified atom stereocenters. The van der Waals surface area contributed by atoms with Gasteiger partial charge in [0, 0.05) is 24.4 Å². The Hall–Kier alpha value is -3.54. The number of amides is 2. The molecule has 0 aliphatic heterocycles. The van der Waals surface area contributed by atoms with E-state index in [1.165, 1.54) is 6.08 Å². The van der Waals surface area contributed by atoms with Crippen molar-refractivity contribution in [2.24, 2.45) is 0 Å². The fraction of sp³-hybridized carbons (Fsp3) is 0.182. The lowest BCUT2D eigenvalue weighted by molar-refractivity contribution is -0.111. The summed E-state index contributed by atoms with van der Waals surface area (Å²) in [4.78, 5) is 24.2. The molecule has 2 N–H and O–H groups in total. The second kappa shape index (κ2) is 9.97. The minimum absolute atomic E-state index is 0.199. The highest BCUT2D eigenvalue weighted by Gasteiger charge is 2.11. The molecule has 2 aromatic rings. The molecular formula is C22H24N2O4. The molecular weight excluding hydrogens is 356 g/mol. The van der Waals surface area contributed by atoms with E-state index in [2.05, 4.69) is 17.2 Å². The Morgan fingerprint density at radius 3 is 2.64 bits per heavy atom. The van der Waals surface area contributed by atoms with Crippen molar-refractivity contribution in [2.45, 2.75) is 6.92 Å². The Kier molecular flexibility index (Phi) is 7.39. The second-order valence-corrected chi connectivity index (χ2v) is 5.89. The van der Waals surface area contributed by atoms with Gasteiger partial charge in [0.1, 0.15) is 6.61 Å². The SMILES string of the molecule is C=CCOc1ccc(/C=C/C(=O)Nc2cccc(C(=O)NC)c2C)cc1OC. The van der Waals surface area contributed by atoms with Gasteiger partial charge in [0.2, 0.25) is 5.91 Å². The summed E-state index contributed by atoms with van der Waals surface area (Å²) in [5.74, 6) is 0.669. The van der Waals surface area contributed by atoms with Crippen LogP contribution in [0.15, 0.2) is 55.1 Å². The van der Waals surface area contributed by atoms with Crippen molar-refractivity contribution in [3.63, 3.8) is 0 Å². The fourth-order valence-electron chi connectivity index (χ4n) is 2.55. The van der Waals surface area contributed by atoms with E-state index in [9.17, 15) is 9.59 Å². The zero-order chi connectivity index (χ0) is 20.5. The van der Waals surface area contributed by atoms with E-state index >= 15 is 0 Å². The molecule has 0 aliphatic carbocycles. The third-order valence-electron chi connectivity index (χ3n) is 4.03. The van der Waals surface area contributed by atoms with Crippen molar-refractivity contribution >= 4 is 23.6 Å². The van der Waals surface area contributed by atoms with Crippen molar-refractivity contribution in [1.82, 2.24) is 5.32 Å². The van der Waals surface area contributed by atoms with Gasteiger partial charge >= 0.3 is 0 Å². The second-order valence-electron chi connectivity index (χ2n) is 5.89. The molecule has 0 radical (unpaired) electrons. The molecule has 0 bridgehead atoms. The topological polar surface area (TPSA) is 76.7 Å². The Morgan fingerprint density at radius 1 is 1.18 bits per heavy atom. The van der Waals surface area contributed by atoms with E-state index in [4.69, 9.17) is 9.47 Å². The van der Waals surface area contributed by atoms with Gasteiger partial charge in [-0.1, -0.05) is 24.8 Å². The summed E-state index contributed by atoms with van der Waals surface area (Å²) in [5.41, 5.74) is 2.59. The molecule has 2 aromatic carbocycles. The van der Waals surface area contributed by atoms with Crippen molar-refractivity contribution in [3.8, 4) is 11.5 Å². The van der Waals surface area contributed by atoms with Crippen LogP contribution in [0.25, 0.3) is 6.08 Å². The number of hydrogen-bond acceptors (Lipinski definition) is 4. The van der Waals surface area contributed by atoms with Crippen LogP contribution in [0.2, 0.25) is 0 Å². The van der Waals surface area contributed by atoms with Gasteiger partial charge in [0.25, 0.3) is 5.91 Å². The summed E-state index contributed by atoms with van der Waals surface area (Å²) >= 11 is 0. The number of anilines is 1.